The molecular weight excluding hydrogens is 172 g/mol. The number of nitriles is 1. The van der Waals surface area contributed by atoms with Gasteiger partial charge >= 0.3 is 6.09 Å². The molecule has 0 aromatic carbocycles. The van der Waals surface area contributed by atoms with Crippen molar-refractivity contribution in [3.63, 3.8) is 0 Å². The van der Waals surface area contributed by atoms with Crippen LogP contribution in [0.15, 0.2) is 0 Å². The van der Waals surface area contributed by atoms with E-state index in [1.807, 2.05) is 0 Å². The van der Waals surface area contributed by atoms with Crippen molar-refractivity contribution in [3.8, 4) is 6.07 Å². The summed E-state index contributed by atoms with van der Waals surface area (Å²) in [6.07, 6.45) is 0.154. The summed E-state index contributed by atoms with van der Waals surface area (Å²) in [6.45, 7) is 1.17. The van der Waals surface area contributed by atoms with Crippen molar-refractivity contribution in [2.75, 3.05) is 26.9 Å². The minimum absolute atomic E-state index is 0.334. The molecule has 1 aliphatic rings. The Morgan fingerprint density at radius 3 is 3.23 bits per heavy atom. The molecule has 0 aromatic heterocycles. The van der Waals surface area contributed by atoms with Crippen LogP contribution >= 0.6 is 0 Å². The highest BCUT2D eigenvalue weighted by Gasteiger charge is 2.28. The van der Waals surface area contributed by atoms with E-state index >= 15 is 0 Å². The van der Waals surface area contributed by atoms with Crippen molar-refractivity contribution in [2.24, 2.45) is 0 Å². The molecule has 1 unspecified atom stereocenters. The predicted molar refractivity (Wildman–Crippen MR) is 43.9 cm³/mol. The van der Waals surface area contributed by atoms with Crippen LogP contribution in [0.5, 0.6) is 0 Å². The third-order valence-electron chi connectivity index (χ3n) is 1.91. The lowest BCUT2D eigenvalue weighted by molar-refractivity contribution is 0.0455. The molecule has 1 saturated heterocycles. The van der Waals surface area contributed by atoms with Crippen LogP contribution in [-0.2, 0) is 9.47 Å². The van der Waals surface area contributed by atoms with Crippen molar-refractivity contribution in [2.45, 2.75) is 12.5 Å². The number of carbonyl (C=O) groups is 1. The molecule has 5 heteroatoms. The topological polar surface area (TPSA) is 62.6 Å². The van der Waals surface area contributed by atoms with Gasteiger partial charge < -0.3 is 9.47 Å². The number of ether oxygens (including phenoxy) is 2. The van der Waals surface area contributed by atoms with Gasteiger partial charge in [-0.2, -0.15) is 5.26 Å². The fourth-order valence-corrected chi connectivity index (χ4v) is 1.19. The van der Waals surface area contributed by atoms with Crippen molar-refractivity contribution in [3.05, 3.63) is 0 Å². The Hall–Kier alpha value is -1.28. The number of nitrogens with zero attached hydrogens (tertiary/aromatic N) is 2. The van der Waals surface area contributed by atoms with E-state index in [2.05, 4.69) is 6.07 Å². The normalized spacial score (nSPS) is 22.3. The van der Waals surface area contributed by atoms with Crippen LogP contribution in [0.25, 0.3) is 0 Å². The van der Waals surface area contributed by atoms with Gasteiger partial charge in [0.15, 0.2) is 0 Å². The molecule has 0 aromatic rings. The molecule has 13 heavy (non-hydrogen) atoms. The zero-order valence-electron chi connectivity index (χ0n) is 7.52. The van der Waals surface area contributed by atoms with E-state index in [1.54, 1.807) is 7.11 Å². The van der Waals surface area contributed by atoms with Crippen molar-refractivity contribution >= 4 is 6.09 Å². The molecule has 1 amide bonds. The van der Waals surface area contributed by atoms with Gasteiger partial charge in [0.05, 0.1) is 19.3 Å². The summed E-state index contributed by atoms with van der Waals surface area (Å²) in [4.78, 5) is 12.6. The Labute approximate surface area is 76.8 Å². The maximum Gasteiger partial charge on any atom is 0.410 e. The van der Waals surface area contributed by atoms with E-state index in [4.69, 9.17) is 14.7 Å². The van der Waals surface area contributed by atoms with Crippen LogP contribution in [-0.4, -0.2) is 43.9 Å². The smallest absolute Gasteiger partial charge is 0.410 e. The number of methoxy groups -OCH3 is 1. The first-order valence-corrected chi connectivity index (χ1v) is 4.11. The number of hydrogen-bond acceptors (Lipinski definition) is 4. The molecule has 0 spiro atoms. The van der Waals surface area contributed by atoms with Crippen LogP contribution in [0.3, 0.4) is 0 Å². The van der Waals surface area contributed by atoms with E-state index in [-0.39, 0.29) is 6.04 Å². The molecule has 0 bridgehead atoms. The summed E-state index contributed by atoms with van der Waals surface area (Å²) in [5.74, 6) is 0. The van der Waals surface area contributed by atoms with Crippen molar-refractivity contribution in [1.82, 2.24) is 4.90 Å². The number of hydrogen-bond donors (Lipinski definition) is 0. The summed E-state index contributed by atoms with van der Waals surface area (Å²) in [7, 11) is 1.55. The fourth-order valence-electron chi connectivity index (χ4n) is 1.19. The van der Waals surface area contributed by atoms with Gasteiger partial charge in [0.1, 0.15) is 6.04 Å². The van der Waals surface area contributed by atoms with Crippen LogP contribution in [0, 0.1) is 11.3 Å². The highest BCUT2D eigenvalue weighted by atomic mass is 16.6. The standard InChI is InChI=1S/C8H12N2O3/c1-12-5-3-10-7(6-9)2-4-13-8(10)11/h7H,2-5H2,1H3. The quantitative estimate of drug-likeness (QED) is 0.635. The van der Waals surface area contributed by atoms with Crippen molar-refractivity contribution in [1.29, 1.82) is 5.26 Å². The maximum absolute atomic E-state index is 11.2. The molecule has 0 radical (unpaired) electrons. The SMILES string of the molecule is COCCN1C(=O)OCCC1C#N. The van der Waals surface area contributed by atoms with Gasteiger partial charge in [-0.3, -0.25) is 4.90 Å². The summed E-state index contributed by atoms with van der Waals surface area (Å²) >= 11 is 0. The average Bonchev–Trinajstić information content (AvgIpc) is 2.15. The molecule has 0 aliphatic carbocycles. The molecular formula is C8H12N2O3. The number of cyclic esters (lactones) is 1. The molecule has 1 aliphatic heterocycles. The molecule has 1 atom stereocenters. The van der Waals surface area contributed by atoms with E-state index in [9.17, 15) is 4.79 Å². The van der Waals surface area contributed by atoms with Crippen LogP contribution in [0.4, 0.5) is 4.79 Å². The minimum atomic E-state index is -0.421. The molecule has 5 nitrogen and oxygen atoms in total. The molecule has 1 heterocycles. The fraction of sp³-hybridized carbons (Fsp3) is 0.750. The predicted octanol–water partition coefficient (Wildman–Crippen LogP) is 0.367. The molecule has 1 rings (SSSR count). The lowest BCUT2D eigenvalue weighted by Crippen LogP contribution is -2.46. The highest BCUT2D eigenvalue weighted by Crippen LogP contribution is 2.11. The Balaban J connectivity index is 2.53. The van der Waals surface area contributed by atoms with Crippen LogP contribution in [0.2, 0.25) is 0 Å². The molecule has 1 fully saturated rings. The zero-order valence-corrected chi connectivity index (χ0v) is 7.52. The summed E-state index contributed by atoms with van der Waals surface area (Å²) in [5.41, 5.74) is 0. The molecule has 0 N–H and O–H groups in total. The first kappa shape index (κ1) is 9.81. The molecule has 0 saturated carbocycles. The number of carbonyl (C=O) groups excluding carboxylic acids is 1. The third-order valence-corrected chi connectivity index (χ3v) is 1.91. The summed E-state index contributed by atoms with van der Waals surface area (Å²) in [6, 6.07) is 1.70. The van der Waals surface area contributed by atoms with Gasteiger partial charge in [0, 0.05) is 20.1 Å². The van der Waals surface area contributed by atoms with Gasteiger partial charge in [0.25, 0.3) is 0 Å². The Kier molecular flexibility index (Phi) is 3.53. The second-order valence-electron chi connectivity index (χ2n) is 2.73. The summed E-state index contributed by atoms with van der Waals surface area (Å²) in [5, 5.41) is 8.74. The monoisotopic (exact) mass is 184 g/mol. The third kappa shape index (κ3) is 2.33. The van der Waals surface area contributed by atoms with Crippen LogP contribution < -0.4 is 0 Å². The number of rotatable bonds is 3. The largest absolute Gasteiger partial charge is 0.449 e. The van der Waals surface area contributed by atoms with E-state index in [0.29, 0.717) is 26.2 Å². The van der Waals surface area contributed by atoms with Gasteiger partial charge in [-0.15, -0.1) is 0 Å². The van der Waals surface area contributed by atoms with Gasteiger partial charge in [0.2, 0.25) is 0 Å². The van der Waals surface area contributed by atoms with Gasteiger partial charge in [-0.05, 0) is 0 Å². The zero-order chi connectivity index (χ0) is 9.68. The lowest BCUT2D eigenvalue weighted by atomic mass is 10.2. The van der Waals surface area contributed by atoms with Gasteiger partial charge in [-0.25, -0.2) is 4.79 Å². The van der Waals surface area contributed by atoms with Crippen LogP contribution in [0.1, 0.15) is 6.42 Å². The second kappa shape index (κ2) is 4.67. The Morgan fingerprint density at radius 1 is 1.85 bits per heavy atom. The maximum atomic E-state index is 11.2. The average molecular weight is 184 g/mol. The van der Waals surface area contributed by atoms with E-state index < -0.39 is 6.09 Å². The number of amides is 1. The minimum Gasteiger partial charge on any atom is -0.449 e. The first-order valence-electron chi connectivity index (χ1n) is 4.11. The Morgan fingerprint density at radius 2 is 2.62 bits per heavy atom. The second-order valence-corrected chi connectivity index (χ2v) is 2.73. The van der Waals surface area contributed by atoms with Crippen molar-refractivity contribution < 1.29 is 14.3 Å². The molecule has 72 valence electrons. The Bertz CT molecular complexity index is 224. The van der Waals surface area contributed by atoms with E-state index in [1.165, 1.54) is 4.90 Å². The van der Waals surface area contributed by atoms with E-state index in [0.717, 1.165) is 0 Å². The lowest BCUT2D eigenvalue weighted by Gasteiger charge is -2.30. The summed E-state index contributed by atoms with van der Waals surface area (Å²) < 4.78 is 9.63. The first-order chi connectivity index (χ1) is 6.29. The highest BCUT2D eigenvalue weighted by molar-refractivity contribution is 5.69. The van der Waals surface area contributed by atoms with Gasteiger partial charge in [-0.1, -0.05) is 0 Å².